The van der Waals surface area contributed by atoms with E-state index in [4.69, 9.17) is 9.47 Å². The summed E-state index contributed by atoms with van der Waals surface area (Å²) in [6.07, 6.45) is 4.58. The van der Waals surface area contributed by atoms with E-state index in [2.05, 4.69) is 21.4 Å². The Balaban J connectivity index is 1.37. The van der Waals surface area contributed by atoms with Crippen LogP contribution in [0.15, 0.2) is 30.5 Å². The number of nitriles is 1. The van der Waals surface area contributed by atoms with Crippen LogP contribution in [-0.4, -0.2) is 53.0 Å². The molecule has 0 aliphatic carbocycles. The lowest BCUT2D eigenvalue weighted by Crippen LogP contribution is -2.44. The highest BCUT2D eigenvalue weighted by Crippen LogP contribution is 2.35. The molecule has 1 saturated heterocycles. The SMILES string of the molecule is COc1ccc(C#N)cc1-c1cc(C)ncc1C(=O)Nc1nc2c(s1)CN(C(=O)[C@@H]1CCCCO1)CC2. The Labute approximate surface area is 219 Å². The van der Waals surface area contributed by atoms with Crippen molar-refractivity contribution >= 4 is 28.3 Å². The fraction of sp³-hybridized carbons (Fsp3) is 0.370. The number of thiazole rings is 1. The second kappa shape index (κ2) is 10.7. The summed E-state index contributed by atoms with van der Waals surface area (Å²) in [5.74, 6) is 0.227. The van der Waals surface area contributed by atoms with Gasteiger partial charge in [0.2, 0.25) is 0 Å². The number of hydrogen-bond donors (Lipinski definition) is 1. The van der Waals surface area contributed by atoms with Gasteiger partial charge in [-0.1, -0.05) is 11.3 Å². The third-order valence-electron chi connectivity index (χ3n) is 6.62. The van der Waals surface area contributed by atoms with Crippen LogP contribution in [0.2, 0.25) is 0 Å². The average Bonchev–Trinajstić information content (AvgIpc) is 3.34. The Kier molecular flexibility index (Phi) is 7.17. The van der Waals surface area contributed by atoms with Crippen LogP contribution in [0.5, 0.6) is 5.75 Å². The predicted octanol–water partition coefficient (Wildman–Crippen LogP) is 4.10. The van der Waals surface area contributed by atoms with Crippen LogP contribution in [0, 0.1) is 18.3 Å². The molecule has 2 aliphatic heterocycles. The number of hydrogen-bond acceptors (Lipinski definition) is 8. The lowest BCUT2D eigenvalue weighted by molar-refractivity contribution is -0.147. The fourth-order valence-electron chi connectivity index (χ4n) is 4.69. The Morgan fingerprint density at radius 1 is 1.27 bits per heavy atom. The van der Waals surface area contributed by atoms with Gasteiger partial charge in [0, 0.05) is 47.5 Å². The monoisotopic (exact) mass is 517 g/mol. The van der Waals surface area contributed by atoms with Crippen LogP contribution in [0.4, 0.5) is 5.13 Å². The zero-order valence-electron chi connectivity index (χ0n) is 20.7. The van der Waals surface area contributed by atoms with Crippen LogP contribution in [0.25, 0.3) is 11.1 Å². The van der Waals surface area contributed by atoms with Crippen LogP contribution in [0.3, 0.4) is 0 Å². The smallest absolute Gasteiger partial charge is 0.259 e. The molecule has 1 atom stereocenters. The lowest BCUT2D eigenvalue weighted by atomic mass is 9.97. The van der Waals surface area contributed by atoms with E-state index in [1.165, 1.54) is 17.5 Å². The normalized spacial score (nSPS) is 17.0. The summed E-state index contributed by atoms with van der Waals surface area (Å²) in [6, 6.07) is 9.03. The minimum Gasteiger partial charge on any atom is -0.496 e. The van der Waals surface area contributed by atoms with Crippen molar-refractivity contribution in [3.05, 3.63) is 57.9 Å². The molecule has 10 heteroatoms. The van der Waals surface area contributed by atoms with E-state index in [0.717, 1.165) is 35.5 Å². The molecule has 4 heterocycles. The Hall–Kier alpha value is -3.81. The molecular formula is C27H27N5O4S. The number of aromatic nitrogens is 2. The van der Waals surface area contributed by atoms with Gasteiger partial charge in [-0.25, -0.2) is 4.98 Å². The minimum absolute atomic E-state index is 0.0354. The zero-order valence-corrected chi connectivity index (χ0v) is 21.6. The molecule has 2 aliphatic rings. The van der Waals surface area contributed by atoms with Gasteiger partial charge >= 0.3 is 0 Å². The molecule has 1 N–H and O–H groups in total. The summed E-state index contributed by atoms with van der Waals surface area (Å²) >= 11 is 1.38. The van der Waals surface area contributed by atoms with Gasteiger partial charge in [0.1, 0.15) is 11.9 Å². The van der Waals surface area contributed by atoms with E-state index >= 15 is 0 Å². The number of pyridine rings is 1. The number of carbonyl (C=O) groups excluding carboxylic acids is 2. The third-order valence-corrected chi connectivity index (χ3v) is 7.62. The first-order valence-corrected chi connectivity index (χ1v) is 13.0. The molecule has 0 saturated carbocycles. The second-order valence-corrected chi connectivity index (χ2v) is 10.2. The van der Waals surface area contributed by atoms with Gasteiger partial charge in [0.05, 0.1) is 36.5 Å². The van der Waals surface area contributed by atoms with Crippen molar-refractivity contribution in [2.45, 2.75) is 45.3 Å². The Morgan fingerprint density at radius 3 is 2.89 bits per heavy atom. The highest BCUT2D eigenvalue weighted by atomic mass is 32.1. The number of anilines is 1. The predicted molar refractivity (Wildman–Crippen MR) is 138 cm³/mol. The maximum atomic E-state index is 13.4. The van der Waals surface area contributed by atoms with Crippen LogP contribution >= 0.6 is 11.3 Å². The van der Waals surface area contributed by atoms with Gasteiger partial charge in [0.15, 0.2) is 5.13 Å². The topological polar surface area (TPSA) is 117 Å². The molecule has 3 aromatic rings. The van der Waals surface area contributed by atoms with Gasteiger partial charge in [-0.05, 0) is 50.5 Å². The highest BCUT2D eigenvalue weighted by molar-refractivity contribution is 7.15. The summed E-state index contributed by atoms with van der Waals surface area (Å²) in [4.78, 5) is 38.1. The lowest BCUT2D eigenvalue weighted by Gasteiger charge is -2.31. The Bertz CT molecular complexity index is 1390. The first-order chi connectivity index (χ1) is 18.0. The molecule has 0 spiro atoms. The van der Waals surface area contributed by atoms with Crippen molar-refractivity contribution in [1.82, 2.24) is 14.9 Å². The number of ether oxygens (including phenoxy) is 2. The first kappa shape index (κ1) is 24.9. The molecule has 1 aromatic carbocycles. The first-order valence-electron chi connectivity index (χ1n) is 12.2. The molecule has 2 aromatic heterocycles. The minimum atomic E-state index is -0.360. The summed E-state index contributed by atoms with van der Waals surface area (Å²) in [5, 5.41) is 12.8. The summed E-state index contributed by atoms with van der Waals surface area (Å²) in [5.41, 5.74) is 3.69. The molecule has 190 valence electrons. The largest absolute Gasteiger partial charge is 0.496 e. The number of nitrogens with one attached hydrogen (secondary N) is 1. The van der Waals surface area contributed by atoms with Gasteiger partial charge in [0.25, 0.3) is 11.8 Å². The van der Waals surface area contributed by atoms with Crippen molar-refractivity contribution in [2.75, 3.05) is 25.6 Å². The summed E-state index contributed by atoms with van der Waals surface area (Å²) in [6.45, 7) is 3.53. The van der Waals surface area contributed by atoms with Gasteiger partial charge in [-0.3, -0.25) is 19.9 Å². The quantitative estimate of drug-likeness (QED) is 0.541. The van der Waals surface area contributed by atoms with Crippen molar-refractivity contribution in [1.29, 1.82) is 5.26 Å². The number of methoxy groups -OCH3 is 1. The maximum Gasteiger partial charge on any atom is 0.259 e. The van der Waals surface area contributed by atoms with Gasteiger partial charge in [-0.2, -0.15) is 5.26 Å². The average molecular weight is 518 g/mol. The van der Waals surface area contributed by atoms with Crippen molar-refractivity contribution < 1.29 is 19.1 Å². The number of benzene rings is 1. The summed E-state index contributed by atoms with van der Waals surface area (Å²) < 4.78 is 11.2. The van der Waals surface area contributed by atoms with E-state index in [0.29, 0.717) is 59.3 Å². The number of amides is 2. The van der Waals surface area contributed by atoms with Crippen LogP contribution in [0.1, 0.15) is 51.4 Å². The van der Waals surface area contributed by atoms with E-state index < -0.39 is 0 Å². The highest BCUT2D eigenvalue weighted by Gasteiger charge is 2.31. The second-order valence-electron chi connectivity index (χ2n) is 9.11. The fourth-order valence-corrected chi connectivity index (χ4v) is 5.71. The molecule has 1 fully saturated rings. The molecule has 2 amide bonds. The van der Waals surface area contributed by atoms with Gasteiger partial charge in [-0.15, -0.1) is 0 Å². The van der Waals surface area contributed by atoms with Crippen molar-refractivity contribution in [2.24, 2.45) is 0 Å². The molecule has 5 rings (SSSR count). The maximum absolute atomic E-state index is 13.4. The number of carbonyl (C=O) groups is 2. The van der Waals surface area contributed by atoms with E-state index in [-0.39, 0.29) is 17.9 Å². The van der Waals surface area contributed by atoms with Crippen molar-refractivity contribution in [3.8, 4) is 22.9 Å². The van der Waals surface area contributed by atoms with Gasteiger partial charge < -0.3 is 14.4 Å². The number of fused-ring (bicyclic) bond motifs is 1. The van der Waals surface area contributed by atoms with Crippen LogP contribution < -0.4 is 10.1 Å². The van der Waals surface area contributed by atoms with E-state index in [1.54, 1.807) is 31.4 Å². The third kappa shape index (κ3) is 5.19. The molecule has 9 nitrogen and oxygen atoms in total. The van der Waals surface area contributed by atoms with Crippen molar-refractivity contribution in [3.63, 3.8) is 0 Å². The Morgan fingerprint density at radius 2 is 2.14 bits per heavy atom. The molecule has 0 bridgehead atoms. The summed E-state index contributed by atoms with van der Waals surface area (Å²) in [7, 11) is 1.55. The molecular weight excluding hydrogens is 490 g/mol. The van der Waals surface area contributed by atoms with E-state index in [1.807, 2.05) is 11.8 Å². The standard InChI is InChI=1S/C27H27N5O4S/c1-16-11-18(19-12-17(13-28)6-7-22(19)35-2)20(14-29-16)25(33)31-27-30-21-8-9-32(15-24(21)37-27)26(34)23-5-3-4-10-36-23/h6-7,11-12,14,23H,3-5,8-10,15H2,1-2H3,(H,30,31,33)/t23-/m0/s1. The molecule has 0 radical (unpaired) electrons. The molecule has 0 unspecified atom stereocenters. The number of nitrogens with zero attached hydrogens (tertiary/aromatic N) is 4. The van der Waals surface area contributed by atoms with E-state index in [9.17, 15) is 14.9 Å². The number of aryl methyl sites for hydroxylation is 1. The molecule has 37 heavy (non-hydrogen) atoms. The van der Waals surface area contributed by atoms with Crippen LogP contribution in [-0.2, 0) is 22.5 Å². The zero-order chi connectivity index (χ0) is 25.9. The number of rotatable bonds is 5.